The van der Waals surface area contributed by atoms with Crippen LogP contribution in [0.15, 0.2) is 10.5 Å². The minimum absolute atomic E-state index is 0.432. The van der Waals surface area contributed by atoms with Gasteiger partial charge in [-0.1, -0.05) is 20.8 Å². The van der Waals surface area contributed by atoms with Gasteiger partial charge >= 0.3 is 0 Å². The number of rotatable bonds is 2. The lowest BCUT2D eigenvalue weighted by Crippen LogP contribution is -2.24. The van der Waals surface area contributed by atoms with Crippen molar-refractivity contribution in [2.24, 2.45) is 11.7 Å². The van der Waals surface area contributed by atoms with Crippen LogP contribution in [-0.4, -0.2) is 6.54 Å². The molecule has 1 heterocycles. The van der Waals surface area contributed by atoms with E-state index in [0.717, 1.165) is 12.2 Å². The van der Waals surface area contributed by atoms with Crippen LogP contribution in [0.3, 0.4) is 0 Å². The molecule has 0 saturated heterocycles. The molecule has 2 rings (SSSR count). The molecule has 2 nitrogen and oxygen atoms in total. The van der Waals surface area contributed by atoms with E-state index in [4.69, 9.17) is 10.2 Å². The number of nitrogens with two attached hydrogens (primary N) is 1. The van der Waals surface area contributed by atoms with Gasteiger partial charge in [0.1, 0.15) is 11.5 Å². The first kappa shape index (κ1) is 10.7. The molecule has 0 bridgehead atoms. The summed E-state index contributed by atoms with van der Waals surface area (Å²) in [6.07, 6.45) is 2.40. The summed E-state index contributed by atoms with van der Waals surface area (Å²) in [6.45, 7) is 7.33. The fourth-order valence-electron chi connectivity index (χ4n) is 2.44. The van der Waals surface area contributed by atoms with Crippen LogP contribution < -0.4 is 5.73 Å². The van der Waals surface area contributed by atoms with Gasteiger partial charge in [-0.25, -0.2) is 0 Å². The van der Waals surface area contributed by atoms with Gasteiger partial charge in [0.25, 0.3) is 0 Å². The quantitative estimate of drug-likeness (QED) is 0.809. The van der Waals surface area contributed by atoms with Crippen molar-refractivity contribution in [1.82, 2.24) is 0 Å². The Morgan fingerprint density at radius 1 is 1.53 bits per heavy atom. The van der Waals surface area contributed by atoms with Crippen LogP contribution in [0.5, 0.6) is 0 Å². The summed E-state index contributed by atoms with van der Waals surface area (Å²) in [6, 6.07) is 2.23. The van der Waals surface area contributed by atoms with Crippen LogP contribution >= 0.6 is 0 Å². The zero-order valence-corrected chi connectivity index (χ0v) is 9.92. The Morgan fingerprint density at radius 2 is 2.27 bits per heavy atom. The molecular formula is C13H21NO. The summed E-state index contributed by atoms with van der Waals surface area (Å²) in [5.41, 5.74) is 7.23. The van der Waals surface area contributed by atoms with Gasteiger partial charge < -0.3 is 10.2 Å². The van der Waals surface area contributed by atoms with E-state index in [-0.39, 0.29) is 0 Å². The molecule has 0 aromatic carbocycles. The van der Waals surface area contributed by atoms with Crippen LogP contribution in [0.4, 0.5) is 0 Å². The van der Waals surface area contributed by atoms with E-state index in [2.05, 4.69) is 26.8 Å². The third-order valence-electron chi connectivity index (χ3n) is 3.58. The first-order valence-corrected chi connectivity index (χ1v) is 5.96. The van der Waals surface area contributed by atoms with E-state index in [9.17, 15) is 0 Å². The molecule has 1 aliphatic rings. The van der Waals surface area contributed by atoms with E-state index < -0.39 is 0 Å². The lowest BCUT2D eigenvalue weighted by Gasteiger charge is -2.26. The van der Waals surface area contributed by atoms with Gasteiger partial charge in [-0.2, -0.15) is 0 Å². The Labute approximate surface area is 91.8 Å². The second-order valence-corrected chi connectivity index (χ2v) is 5.05. The normalized spacial score (nSPS) is 25.7. The van der Waals surface area contributed by atoms with Gasteiger partial charge in [-0.05, 0) is 30.4 Å². The van der Waals surface area contributed by atoms with Crippen LogP contribution in [0.1, 0.15) is 56.1 Å². The summed E-state index contributed by atoms with van der Waals surface area (Å²) in [4.78, 5) is 0. The van der Waals surface area contributed by atoms with Gasteiger partial charge in [-0.15, -0.1) is 0 Å². The van der Waals surface area contributed by atoms with Crippen LogP contribution in [0, 0.1) is 5.92 Å². The second-order valence-electron chi connectivity index (χ2n) is 5.05. The number of hydrogen-bond donors (Lipinski definition) is 1. The van der Waals surface area contributed by atoms with Gasteiger partial charge in [0.15, 0.2) is 0 Å². The zero-order valence-electron chi connectivity index (χ0n) is 9.92. The first-order valence-electron chi connectivity index (χ1n) is 5.96. The van der Waals surface area contributed by atoms with E-state index >= 15 is 0 Å². The van der Waals surface area contributed by atoms with Crippen molar-refractivity contribution in [3.63, 3.8) is 0 Å². The molecule has 0 spiro atoms. The van der Waals surface area contributed by atoms with Gasteiger partial charge in [0, 0.05) is 18.4 Å². The van der Waals surface area contributed by atoms with Crippen molar-refractivity contribution in [1.29, 1.82) is 0 Å². The summed E-state index contributed by atoms with van der Waals surface area (Å²) < 4.78 is 5.96. The minimum atomic E-state index is 0.432. The lowest BCUT2D eigenvalue weighted by atomic mass is 9.80. The predicted molar refractivity (Wildman–Crippen MR) is 62.1 cm³/mol. The highest BCUT2D eigenvalue weighted by Gasteiger charge is 2.29. The van der Waals surface area contributed by atoms with Crippen molar-refractivity contribution in [2.75, 3.05) is 6.54 Å². The number of aryl methyl sites for hydroxylation is 1. The fraction of sp³-hybridized carbons (Fsp3) is 0.692. The van der Waals surface area contributed by atoms with E-state index in [1.807, 2.05) is 0 Å². The number of furan rings is 1. The summed E-state index contributed by atoms with van der Waals surface area (Å²) >= 11 is 0. The van der Waals surface area contributed by atoms with Crippen LogP contribution in [-0.2, 0) is 6.42 Å². The smallest absolute Gasteiger partial charge is 0.111 e. The Bertz CT molecular complexity index is 340. The maximum Gasteiger partial charge on any atom is 0.111 e. The van der Waals surface area contributed by atoms with Crippen molar-refractivity contribution < 1.29 is 4.42 Å². The maximum absolute atomic E-state index is 5.96. The standard InChI is InChI=1S/C13H21NO/c1-8(2)12-6-10-5-4-9(3)11(7-14)13(10)15-12/h6,8-9,11H,4-5,7,14H2,1-3H3. The van der Waals surface area contributed by atoms with Crippen molar-refractivity contribution in [2.45, 2.75) is 45.4 Å². The molecule has 0 saturated carbocycles. The molecule has 2 unspecified atom stereocenters. The van der Waals surface area contributed by atoms with Crippen molar-refractivity contribution in [3.8, 4) is 0 Å². The van der Waals surface area contributed by atoms with Gasteiger partial charge in [-0.3, -0.25) is 0 Å². The van der Waals surface area contributed by atoms with E-state index in [1.165, 1.54) is 17.7 Å². The SMILES string of the molecule is CC(C)c1cc2c(o1)C(CN)C(C)CC2. The fourth-order valence-corrected chi connectivity index (χ4v) is 2.44. The molecule has 2 N–H and O–H groups in total. The highest BCUT2D eigenvalue weighted by molar-refractivity contribution is 5.29. The van der Waals surface area contributed by atoms with Gasteiger partial charge in [0.05, 0.1) is 0 Å². The molecule has 1 aliphatic carbocycles. The highest BCUT2D eigenvalue weighted by atomic mass is 16.3. The highest BCUT2D eigenvalue weighted by Crippen LogP contribution is 2.38. The molecule has 15 heavy (non-hydrogen) atoms. The monoisotopic (exact) mass is 207 g/mol. The Hall–Kier alpha value is -0.760. The number of fused-ring (bicyclic) bond motifs is 1. The predicted octanol–water partition coefficient (Wildman–Crippen LogP) is 3.03. The molecule has 84 valence electrons. The van der Waals surface area contributed by atoms with Crippen molar-refractivity contribution in [3.05, 3.63) is 23.2 Å². The molecule has 0 amide bonds. The average molecular weight is 207 g/mol. The first-order chi connectivity index (χ1) is 7.13. The van der Waals surface area contributed by atoms with Crippen LogP contribution in [0.2, 0.25) is 0 Å². The minimum Gasteiger partial charge on any atom is -0.465 e. The molecule has 2 atom stereocenters. The Balaban J connectivity index is 2.36. The summed E-state index contributed by atoms with van der Waals surface area (Å²) in [7, 11) is 0. The van der Waals surface area contributed by atoms with Crippen LogP contribution in [0.25, 0.3) is 0 Å². The summed E-state index contributed by atoms with van der Waals surface area (Å²) in [5, 5.41) is 0. The largest absolute Gasteiger partial charge is 0.465 e. The third kappa shape index (κ3) is 1.83. The average Bonchev–Trinajstić information content (AvgIpc) is 2.61. The molecule has 0 radical (unpaired) electrons. The number of hydrogen-bond acceptors (Lipinski definition) is 2. The van der Waals surface area contributed by atoms with Gasteiger partial charge in [0.2, 0.25) is 0 Å². The molecule has 2 heteroatoms. The lowest BCUT2D eigenvalue weighted by molar-refractivity contribution is 0.327. The van der Waals surface area contributed by atoms with Crippen molar-refractivity contribution >= 4 is 0 Å². The topological polar surface area (TPSA) is 39.2 Å². The Morgan fingerprint density at radius 3 is 2.87 bits per heavy atom. The Kier molecular flexibility index (Phi) is 2.87. The molecule has 1 aromatic rings. The van der Waals surface area contributed by atoms with E-state index in [1.54, 1.807) is 0 Å². The molecule has 0 fully saturated rings. The molecule has 1 aromatic heterocycles. The second kappa shape index (κ2) is 4.01. The molecular weight excluding hydrogens is 186 g/mol. The maximum atomic E-state index is 5.96. The molecule has 0 aliphatic heterocycles. The van der Waals surface area contributed by atoms with E-state index in [0.29, 0.717) is 24.3 Å². The zero-order chi connectivity index (χ0) is 11.0. The third-order valence-corrected chi connectivity index (χ3v) is 3.58. The summed E-state index contributed by atoms with van der Waals surface area (Å²) in [5.74, 6) is 3.85.